The molecule has 0 spiro atoms. The molecule has 2 heterocycles. The molecule has 5 nitrogen and oxygen atoms in total. The van der Waals surface area contributed by atoms with Crippen molar-refractivity contribution < 1.29 is 0 Å². The standard InChI is InChI=1S/C9H7N5/c10-5-9-12-7-14(13-9)6-8-3-1-2-4-11-8/h1-4,7H,6H2. The molecule has 0 aliphatic carbocycles. The fourth-order valence-corrected chi connectivity index (χ4v) is 1.08. The van der Waals surface area contributed by atoms with Gasteiger partial charge in [-0.05, 0) is 12.1 Å². The highest BCUT2D eigenvalue weighted by Gasteiger charge is 1.99. The molecule has 14 heavy (non-hydrogen) atoms. The lowest BCUT2D eigenvalue weighted by molar-refractivity contribution is 0.668. The first-order chi connectivity index (χ1) is 6.88. The van der Waals surface area contributed by atoms with E-state index in [4.69, 9.17) is 5.26 Å². The Kier molecular flexibility index (Phi) is 2.19. The topological polar surface area (TPSA) is 67.4 Å². The van der Waals surface area contributed by atoms with Crippen molar-refractivity contribution in [3.05, 3.63) is 42.2 Å². The highest BCUT2D eigenvalue weighted by molar-refractivity contribution is 5.07. The zero-order valence-electron chi connectivity index (χ0n) is 7.33. The third kappa shape index (κ3) is 1.75. The number of rotatable bonds is 2. The normalized spacial score (nSPS) is 9.64. The van der Waals surface area contributed by atoms with Gasteiger partial charge in [-0.3, -0.25) is 4.98 Å². The number of pyridine rings is 1. The molecule has 0 aromatic carbocycles. The molecule has 0 saturated carbocycles. The Labute approximate surface area is 80.7 Å². The summed E-state index contributed by atoms with van der Waals surface area (Å²) < 4.78 is 1.58. The molecule has 0 saturated heterocycles. The van der Waals surface area contributed by atoms with Crippen LogP contribution in [0.25, 0.3) is 0 Å². The monoisotopic (exact) mass is 185 g/mol. The molecule has 0 bridgehead atoms. The van der Waals surface area contributed by atoms with Crippen LogP contribution >= 0.6 is 0 Å². The number of nitrogens with zero attached hydrogens (tertiary/aromatic N) is 5. The fraction of sp³-hybridized carbons (Fsp3) is 0.111. The Hall–Kier alpha value is -2.22. The number of nitriles is 1. The molecule has 0 aliphatic heterocycles. The number of hydrogen-bond donors (Lipinski definition) is 0. The Bertz CT molecular complexity index is 454. The van der Waals surface area contributed by atoms with Crippen LogP contribution in [0.1, 0.15) is 11.5 Å². The molecule has 0 aliphatic rings. The predicted molar refractivity (Wildman–Crippen MR) is 48.1 cm³/mol. The van der Waals surface area contributed by atoms with Crippen LogP contribution in [0.2, 0.25) is 0 Å². The van der Waals surface area contributed by atoms with Gasteiger partial charge < -0.3 is 0 Å². The fourth-order valence-electron chi connectivity index (χ4n) is 1.08. The van der Waals surface area contributed by atoms with Gasteiger partial charge in [0.2, 0.25) is 0 Å². The molecule has 0 atom stereocenters. The summed E-state index contributed by atoms with van der Waals surface area (Å²) in [5.74, 6) is 0.181. The first-order valence-electron chi connectivity index (χ1n) is 4.08. The van der Waals surface area contributed by atoms with Crippen molar-refractivity contribution in [1.29, 1.82) is 5.26 Å². The number of hydrogen-bond acceptors (Lipinski definition) is 4. The first-order valence-corrected chi connectivity index (χ1v) is 4.08. The van der Waals surface area contributed by atoms with Crippen LogP contribution in [-0.4, -0.2) is 19.7 Å². The van der Waals surface area contributed by atoms with Crippen molar-refractivity contribution >= 4 is 0 Å². The van der Waals surface area contributed by atoms with Gasteiger partial charge in [-0.15, -0.1) is 5.10 Å². The van der Waals surface area contributed by atoms with Gasteiger partial charge in [0.1, 0.15) is 12.4 Å². The van der Waals surface area contributed by atoms with Crippen LogP contribution in [0, 0.1) is 11.3 Å². The minimum atomic E-state index is 0.181. The highest BCUT2D eigenvalue weighted by atomic mass is 15.3. The van der Waals surface area contributed by atoms with E-state index in [0.29, 0.717) is 6.54 Å². The second-order valence-corrected chi connectivity index (χ2v) is 2.70. The highest BCUT2D eigenvalue weighted by Crippen LogP contribution is 1.96. The maximum absolute atomic E-state index is 8.51. The largest absolute Gasteiger partial charge is 0.259 e. The summed E-state index contributed by atoms with van der Waals surface area (Å²) in [7, 11) is 0. The van der Waals surface area contributed by atoms with Gasteiger partial charge in [0.05, 0.1) is 12.2 Å². The Morgan fingerprint density at radius 1 is 1.36 bits per heavy atom. The van der Waals surface area contributed by atoms with Crippen LogP contribution < -0.4 is 0 Å². The number of aromatic nitrogens is 4. The lowest BCUT2D eigenvalue weighted by Gasteiger charge is -1.97. The lowest BCUT2D eigenvalue weighted by atomic mass is 10.3. The van der Waals surface area contributed by atoms with E-state index in [1.54, 1.807) is 10.9 Å². The van der Waals surface area contributed by atoms with Crippen molar-refractivity contribution in [3.8, 4) is 6.07 Å². The smallest absolute Gasteiger partial charge is 0.252 e. The van der Waals surface area contributed by atoms with E-state index in [2.05, 4.69) is 15.1 Å². The zero-order chi connectivity index (χ0) is 9.80. The van der Waals surface area contributed by atoms with Gasteiger partial charge >= 0.3 is 0 Å². The Balaban J connectivity index is 2.16. The van der Waals surface area contributed by atoms with Crippen LogP contribution in [0.3, 0.4) is 0 Å². The summed E-state index contributed by atoms with van der Waals surface area (Å²) in [5, 5.41) is 12.4. The second kappa shape index (κ2) is 3.66. The van der Waals surface area contributed by atoms with Gasteiger partial charge in [0, 0.05) is 6.20 Å². The molecule has 0 radical (unpaired) electrons. The molecule has 5 heteroatoms. The third-order valence-electron chi connectivity index (χ3n) is 1.69. The molecule has 68 valence electrons. The summed E-state index contributed by atoms with van der Waals surface area (Å²) in [6, 6.07) is 7.53. The van der Waals surface area contributed by atoms with E-state index in [1.165, 1.54) is 6.33 Å². The molecular formula is C9H7N5. The molecule has 2 aromatic heterocycles. The maximum atomic E-state index is 8.51. The average Bonchev–Trinajstić information content (AvgIpc) is 2.67. The van der Waals surface area contributed by atoms with Gasteiger partial charge in [0.15, 0.2) is 0 Å². The molecule has 0 unspecified atom stereocenters. The van der Waals surface area contributed by atoms with Crippen molar-refractivity contribution in [3.63, 3.8) is 0 Å². The van der Waals surface area contributed by atoms with Crippen LogP contribution in [0.5, 0.6) is 0 Å². The lowest BCUT2D eigenvalue weighted by Crippen LogP contribution is -2.01. The van der Waals surface area contributed by atoms with Gasteiger partial charge in [0.25, 0.3) is 5.82 Å². The Morgan fingerprint density at radius 3 is 2.93 bits per heavy atom. The van der Waals surface area contributed by atoms with Crippen molar-refractivity contribution in [2.45, 2.75) is 6.54 Å². The third-order valence-corrected chi connectivity index (χ3v) is 1.69. The first kappa shape index (κ1) is 8.38. The van der Waals surface area contributed by atoms with E-state index < -0.39 is 0 Å². The molecular weight excluding hydrogens is 178 g/mol. The van der Waals surface area contributed by atoms with Crippen molar-refractivity contribution in [1.82, 2.24) is 19.7 Å². The van der Waals surface area contributed by atoms with E-state index in [-0.39, 0.29) is 5.82 Å². The van der Waals surface area contributed by atoms with E-state index in [1.807, 2.05) is 24.3 Å². The Morgan fingerprint density at radius 2 is 2.29 bits per heavy atom. The van der Waals surface area contributed by atoms with Crippen LogP contribution in [0.4, 0.5) is 0 Å². The van der Waals surface area contributed by atoms with Gasteiger partial charge in [-0.1, -0.05) is 6.07 Å². The van der Waals surface area contributed by atoms with E-state index in [0.717, 1.165) is 5.69 Å². The molecule has 2 aromatic rings. The molecule has 0 fully saturated rings. The summed E-state index contributed by atoms with van der Waals surface area (Å²) in [6.45, 7) is 0.537. The molecule has 0 N–H and O–H groups in total. The summed E-state index contributed by atoms with van der Waals surface area (Å²) in [5.41, 5.74) is 0.891. The second-order valence-electron chi connectivity index (χ2n) is 2.70. The average molecular weight is 185 g/mol. The molecule has 2 rings (SSSR count). The van der Waals surface area contributed by atoms with Crippen molar-refractivity contribution in [2.75, 3.05) is 0 Å². The van der Waals surface area contributed by atoms with Crippen LogP contribution in [0.15, 0.2) is 30.7 Å². The quantitative estimate of drug-likeness (QED) is 0.686. The molecule has 0 amide bonds. The SMILES string of the molecule is N#Cc1ncn(Cc2ccccn2)n1. The van der Waals surface area contributed by atoms with E-state index in [9.17, 15) is 0 Å². The summed E-state index contributed by atoms with van der Waals surface area (Å²) >= 11 is 0. The van der Waals surface area contributed by atoms with Gasteiger partial charge in [-0.25, -0.2) is 9.67 Å². The van der Waals surface area contributed by atoms with Crippen LogP contribution in [-0.2, 0) is 6.54 Å². The van der Waals surface area contributed by atoms with Crippen molar-refractivity contribution in [2.24, 2.45) is 0 Å². The maximum Gasteiger partial charge on any atom is 0.252 e. The minimum absolute atomic E-state index is 0.181. The van der Waals surface area contributed by atoms with Gasteiger partial charge in [-0.2, -0.15) is 5.26 Å². The van der Waals surface area contributed by atoms with E-state index >= 15 is 0 Å². The zero-order valence-corrected chi connectivity index (χ0v) is 7.33. The summed E-state index contributed by atoms with van der Waals surface area (Å²) in [4.78, 5) is 7.93. The minimum Gasteiger partial charge on any atom is -0.259 e. The predicted octanol–water partition coefficient (Wildman–Crippen LogP) is 0.593. The summed E-state index contributed by atoms with van der Waals surface area (Å²) in [6.07, 6.45) is 3.24.